The minimum Gasteiger partial charge on any atom is -0.335 e. The van der Waals surface area contributed by atoms with Gasteiger partial charge in [0.15, 0.2) is 0 Å². The molecule has 0 aromatic heterocycles. The van der Waals surface area contributed by atoms with Gasteiger partial charge in [-0.15, -0.1) is 0 Å². The fraction of sp³-hybridized carbons (Fsp3) is 0.900. The molecule has 0 spiro atoms. The van der Waals surface area contributed by atoms with E-state index in [1.807, 2.05) is 11.9 Å². The van der Waals surface area contributed by atoms with Crippen molar-refractivity contribution in [1.82, 2.24) is 10.2 Å². The highest BCUT2D eigenvalue weighted by atomic mass is 16.2. The Balaban J connectivity index is 1.67. The Morgan fingerprint density at radius 3 is 2.54 bits per heavy atom. The lowest BCUT2D eigenvalue weighted by atomic mass is 9.85. The number of nitrogens with one attached hydrogen (secondary N) is 1. The van der Waals surface area contributed by atoms with Crippen molar-refractivity contribution in [2.24, 2.45) is 5.92 Å². The van der Waals surface area contributed by atoms with Crippen molar-refractivity contribution < 1.29 is 4.79 Å². The molecule has 0 heterocycles. The van der Waals surface area contributed by atoms with E-state index in [4.69, 9.17) is 0 Å². The summed E-state index contributed by atoms with van der Waals surface area (Å²) in [7, 11) is 1.90. The van der Waals surface area contributed by atoms with Gasteiger partial charge < -0.3 is 10.2 Å². The van der Waals surface area contributed by atoms with Crippen molar-refractivity contribution in [2.75, 3.05) is 13.6 Å². The summed E-state index contributed by atoms with van der Waals surface area (Å²) >= 11 is 0. The molecule has 2 fully saturated rings. The number of nitrogens with zero attached hydrogens (tertiary/aromatic N) is 1. The Bertz CT molecular complexity index is 197. The van der Waals surface area contributed by atoms with Crippen LogP contribution in [0.3, 0.4) is 0 Å². The average Bonchev–Trinajstić information content (AvgIpc) is 2.79. The van der Waals surface area contributed by atoms with Crippen LogP contribution in [0.5, 0.6) is 0 Å². The minimum atomic E-state index is 0.120. The summed E-state index contributed by atoms with van der Waals surface area (Å²) in [4.78, 5) is 13.3. The van der Waals surface area contributed by atoms with E-state index in [-0.39, 0.29) is 6.03 Å². The van der Waals surface area contributed by atoms with Gasteiger partial charge in [-0.05, 0) is 31.6 Å². The first-order valence-electron chi connectivity index (χ1n) is 5.27. The van der Waals surface area contributed by atoms with E-state index in [1.165, 1.54) is 32.1 Å². The third-order valence-corrected chi connectivity index (χ3v) is 3.01. The number of carbonyl (C=O) groups is 1. The van der Waals surface area contributed by atoms with Crippen LogP contribution in [0.2, 0.25) is 0 Å². The molecule has 2 saturated carbocycles. The zero-order valence-electron chi connectivity index (χ0n) is 8.25. The maximum Gasteiger partial charge on any atom is 0.317 e. The molecule has 0 radical (unpaired) electrons. The van der Waals surface area contributed by atoms with E-state index in [0.29, 0.717) is 6.04 Å². The van der Waals surface area contributed by atoms with Crippen LogP contribution in [0, 0.1) is 5.92 Å². The highest BCUT2D eigenvalue weighted by Gasteiger charge is 2.26. The summed E-state index contributed by atoms with van der Waals surface area (Å²) in [6.07, 6.45) is 6.30. The second kappa shape index (κ2) is 3.56. The fourth-order valence-corrected chi connectivity index (χ4v) is 1.66. The number of urea groups is 1. The Kier molecular flexibility index (Phi) is 2.42. The van der Waals surface area contributed by atoms with Crippen molar-refractivity contribution in [1.29, 1.82) is 0 Å². The summed E-state index contributed by atoms with van der Waals surface area (Å²) in [6, 6.07) is 0.603. The third kappa shape index (κ3) is 2.36. The summed E-state index contributed by atoms with van der Waals surface area (Å²) in [5, 5.41) is 2.99. The van der Waals surface area contributed by atoms with E-state index < -0.39 is 0 Å². The van der Waals surface area contributed by atoms with Crippen LogP contribution in [-0.2, 0) is 0 Å². The molecule has 2 aliphatic rings. The van der Waals surface area contributed by atoms with Crippen LogP contribution >= 0.6 is 0 Å². The van der Waals surface area contributed by atoms with Crippen molar-refractivity contribution in [3.05, 3.63) is 0 Å². The number of hydrogen-bond acceptors (Lipinski definition) is 1. The fourth-order valence-electron chi connectivity index (χ4n) is 1.66. The first-order valence-corrected chi connectivity index (χ1v) is 5.27. The summed E-state index contributed by atoms with van der Waals surface area (Å²) in [5.74, 6) is 0.773. The molecule has 0 bridgehead atoms. The van der Waals surface area contributed by atoms with E-state index >= 15 is 0 Å². The number of amides is 2. The Hall–Kier alpha value is -0.730. The van der Waals surface area contributed by atoms with Crippen LogP contribution in [0.15, 0.2) is 0 Å². The summed E-state index contributed by atoms with van der Waals surface area (Å²) in [6.45, 7) is 0.943. The molecule has 2 aliphatic carbocycles. The van der Waals surface area contributed by atoms with Crippen molar-refractivity contribution in [2.45, 2.75) is 38.1 Å². The van der Waals surface area contributed by atoms with Gasteiger partial charge >= 0.3 is 6.03 Å². The van der Waals surface area contributed by atoms with Crippen molar-refractivity contribution in [3.8, 4) is 0 Å². The quantitative estimate of drug-likeness (QED) is 0.706. The standard InChI is InChI=1S/C10H18N2O/c1-12(7-8-3-2-4-8)10(13)11-9-5-6-9/h8-9H,2-7H2,1H3,(H,11,13). The molecule has 0 atom stereocenters. The highest BCUT2D eigenvalue weighted by molar-refractivity contribution is 5.74. The largest absolute Gasteiger partial charge is 0.335 e. The molecule has 74 valence electrons. The summed E-state index contributed by atoms with van der Waals surface area (Å²) in [5.41, 5.74) is 0. The first-order chi connectivity index (χ1) is 6.25. The second-order valence-corrected chi connectivity index (χ2v) is 4.40. The van der Waals surface area contributed by atoms with Crippen LogP contribution in [-0.4, -0.2) is 30.6 Å². The molecule has 2 rings (SSSR count). The van der Waals surface area contributed by atoms with Gasteiger partial charge in [-0.1, -0.05) is 6.42 Å². The molecule has 0 aliphatic heterocycles. The number of carbonyl (C=O) groups excluding carboxylic acids is 1. The van der Waals surface area contributed by atoms with Gasteiger partial charge in [-0.2, -0.15) is 0 Å². The number of hydrogen-bond donors (Lipinski definition) is 1. The Morgan fingerprint density at radius 2 is 2.08 bits per heavy atom. The van der Waals surface area contributed by atoms with E-state index in [0.717, 1.165) is 12.5 Å². The lowest BCUT2D eigenvalue weighted by Gasteiger charge is -2.30. The van der Waals surface area contributed by atoms with E-state index in [9.17, 15) is 4.79 Å². The van der Waals surface area contributed by atoms with Gasteiger partial charge in [0.25, 0.3) is 0 Å². The molecule has 13 heavy (non-hydrogen) atoms. The molecule has 0 aromatic carbocycles. The maximum absolute atomic E-state index is 11.5. The van der Waals surface area contributed by atoms with E-state index in [2.05, 4.69) is 5.32 Å². The lowest BCUT2D eigenvalue weighted by molar-refractivity contribution is 0.182. The zero-order chi connectivity index (χ0) is 9.26. The highest BCUT2D eigenvalue weighted by Crippen LogP contribution is 2.27. The van der Waals surface area contributed by atoms with Crippen LogP contribution in [0.25, 0.3) is 0 Å². The topological polar surface area (TPSA) is 32.3 Å². The predicted octanol–water partition coefficient (Wildman–Crippen LogP) is 1.59. The van der Waals surface area contributed by atoms with Gasteiger partial charge in [0.1, 0.15) is 0 Å². The molecule has 0 aromatic rings. The molecule has 3 heteroatoms. The lowest BCUT2D eigenvalue weighted by Crippen LogP contribution is -2.41. The smallest absolute Gasteiger partial charge is 0.317 e. The monoisotopic (exact) mass is 182 g/mol. The van der Waals surface area contributed by atoms with Crippen LogP contribution in [0.1, 0.15) is 32.1 Å². The predicted molar refractivity (Wildman–Crippen MR) is 51.5 cm³/mol. The molecular weight excluding hydrogens is 164 g/mol. The molecule has 0 unspecified atom stereocenters. The second-order valence-electron chi connectivity index (χ2n) is 4.40. The maximum atomic E-state index is 11.5. The Labute approximate surface area is 79.5 Å². The van der Waals surface area contributed by atoms with Crippen LogP contribution in [0.4, 0.5) is 4.79 Å². The average molecular weight is 182 g/mol. The first kappa shape index (κ1) is 8.85. The molecular formula is C10H18N2O. The van der Waals surface area contributed by atoms with Gasteiger partial charge in [-0.25, -0.2) is 4.79 Å². The Morgan fingerprint density at radius 1 is 1.38 bits per heavy atom. The molecule has 1 N–H and O–H groups in total. The normalized spacial score (nSPS) is 22.2. The molecule has 0 saturated heterocycles. The van der Waals surface area contributed by atoms with Gasteiger partial charge in [0.05, 0.1) is 0 Å². The minimum absolute atomic E-state index is 0.120. The molecule has 3 nitrogen and oxygen atoms in total. The van der Waals surface area contributed by atoms with Gasteiger partial charge in [0, 0.05) is 19.6 Å². The van der Waals surface area contributed by atoms with E-state index in [1.54, 1.807) is 0 Å². The number of rotatable bonds is 3. The van der Waals surface area contributed by atoms with Crippen molar-refractivity contribution >= 4 is 6.03 Å². The zero-order valence-corrected chi connectivity index (χ0v) is 8.25. The summed E-state index contributed by atoms with van der Waals surface area (Å²) < 4.78 is 0. The van der Waals surface area contributed by atoms with Gasteiger partial charge in [-0.3, -0.25) is 0 Å². The SMILES string of the molecule is CN(CC1CCC1)C(=O)NC1CC1. The third-order valence-electron chi connectivity index (χ3n) is 3.01. The molecule has 2 amide bonds. The van der Waals surface area contributed by atoms with Crippen molar-refractivity contribution in [3.63, 3.8) is 0 Å². The van der Waals surface area contributed by atoms with Crippen LogP contribution < -0.4 is 5.32 Å². The van der Waals surface area contributed by atoms with Gasteiger partial charge in [0.2, 0.25) is 0 Å².